The van der Waals surface area contributed by atoms with Crippen LogP contribution in [0.2, 0.25) is 0 Å². The van der Waals surface area contributed by atoms with E-state index < -0.39 is 18.8 Å². The lowest BCUT2D eigenvalue weighted by Crippen LogP contribution is -2.35. The first-order chi connectivity index (χ1) is 6.89. The molecule has 0 saturated carbocycles. The van der Waals surface area contributed by atoms with E-state index in [-0.39, 0.29) is 5.95 Å². The Labute approximate surface area is 97.1 Å². The second-order valence-corrected chi connectivity index (χ2v) is 3.91. The molecule has 1 rings (SSSR count). The zero-order valence-corrected chi connectivity index (χ0v) is 9.45. The highest BCUT2D eigenvalue weighted by atomic mass is 127. The molecule has 0 aromatic carbocycles. The van der Waals surface area contributed by atoms with Crippen molar-refractivity contribution < 1.29 is 18.3 Å². The molecule has 0 aliphatic carbocycles. The fraction of sp³-hybridized carbons (Fsp3) is 0.429. The van der Waals surface area contributed by atoms with Crippen LogP contribution in [-0.2, 0) is 0 Å². The van der Waals surface area contributed by atoms with Crippen LogP contribution >= 0.6 is 22.6 Å². The molecule has 1 heterocycles. The Hall–Kier alpha value is -0.640. The van der Waals surface area contributed by atoms with Crippen LogP contribution in [0.5, 0.6) is 0 Å². The molecule has 0 bridgehead atoms. The van der Waals surface area contributed by atoms with E-state index in [9.17, 15) is 13.2 Å². The monoisotopic (exact) mass is 333 g/mol. The first kappa shape index (κ1) is 12.4. The molecule has 1 aromatic rings. The summed E-state index contributed by atoms with van der Waals surface area (Å²) in [7, 11) is 0. The zero-order valence-electron chi connectivity index (χ0n) is 7.29. The lowest BCUT2D eigenvalue weighted by Gasteiger charge is -2.14. The Morgan fingerprint density at radius 2 is 1.93 bits per heavy atom. The second-order valence-electron chi connectivity index (χ2n) is 2.66. The van der Waals surface area contributed by atoms with Crippen molar-refractivity contribution in [2.45, 2.75) is 12.3 Å². The molecule has 15 heavy (non-hydrogen) atoms. The molecule has 0 saturated heterocycles. The lowest BCUT2D eigenvalue weighted by atomic mass is 10.3. The normalized spacial score (nSPS) is 13.7. The molecule has 84 valence electrons. The quantitative estimate of drug-likeness (QED) is 0.822. The molecule has 1 aromatic heterocycles. The van der Waals surface area contributed by atoms with Crippen LogP contribution in [0.15, 0.2) is 12.4 Å². The van der Waals surface area contributed by atoms with Crippen LogP contribution in [0.4, 0.5) is 19.1 Å². The molecule has 0 aliphatic rings. The predicted molar refractivity (Wildman–Crippen MR) is 55.3 cm³/mol. The molecule has 0 spiro atoms. The van der Waals surface area contributed by atoms with Crippen molar-refractivity contribution in [2.24, 2.45) is 0 Å². The summed E-state index contributed by atoms with van der Waals surface area (Å²) in [6.45, 7) is -0.663. The fourth-order valence-corrected chi connectivity index (χ4v) is 0.986. The third kappa shape index (κ3) is 4.16. The van der Waals surface area contributed by atoms with Crippen molar-refractivity contribution in [3.05, 3.63) is 16.0 Å². The predicted octanol–water partition coefficient (Wildman–Crippen LogP) is 1.42. The Balaban J connectivity index is 2.47. The van der Waals surface area contributed by atoms with E-state index in [2.05, 4.69) is 15.3 Å². The van der Waals surface area contributed by atoms with Crippen molar-refractivity contribution in [1.82, 2.24) is 9.97 Å². The number of nitrogens with zero attached hydrogens (tertiary/aromatic N) is 2. The number of hydrogen-bond acceptors (Lipinski definition) is 4. The van der Waals surface area contributed by atoms with Gasteiger partial charge < -0.3 is 10.4 Å². The highest BCUT2D eigenvalue weighted by Crippen LogP contribution is 2.19. The Morgan fingerprint density at radius 1 is 1.40 bits per heavy atom. The molecule has 1 unspecified atom stereocenters. The average Bonchev–Trinajstić information content (AvgIpc) is 2.15. The second kappa shape index (κ2) is 4.92. The average molecular weight is 333 g/mol. The highest BCUT2D eigenvalue weighted by molar-refractivity contribution is 14.1. The van der Waals surface area contributed by atoms with Gasteiger partial charge in [-0.05, 0) is 22.6 Å². The SMILES string of the molecule is OC(CNc1ncc(I)cn1)C(F)(F)F. The van der Waals surface area contributed by atoms with Crippen molar-refractivity contribution in [3.8, 4) is 0 Å². The van der Waals surface area contributed by atoms with Crippen molar-refractivity contribution in [3.63, 3.8) is 0 Å². The van der Waals surface area contributed by atoms with E-state index in [1.807, 2.05) is 22.6 Å². The molecule has 4 nitrogen and oxygen atoms in total. The standard InChI is InChI=1S/C7H7F3IN3O/c8-7(9,10)5(15)3-14-6-12-1-4(11)2-13-6/h1-2,5,15H,3H2,(H,12,13,14). The largest absolute Gasteiger partial charge is 0.416 e. The van der Waals surface area contributed by atoms with Gasteiger partial charge in [0.2, 0.25) is 5.95 Å². The molecule has 0 aliphatic heterocycles. The Morgan fingerprint density at radius 3 is 2.40 bits per heavy atom. The van der Waals surface area contributed by atoms with Crippen molar-refractivity contribution >= 4 is 28.5 Å². The molecular weight excluding hydrogens is 326 g/mol. The number of rotatable bonds is 3. The number of halogens is 4. The van der Waals surface area contributed by atoms with Crippen LogP contribution in [0.25, 0.3) is 0 Å². The van der Waals surface area contributed by atoms with Crippen LogP contribution < -0.4 is 5.32 Å². The van der Waals surface area contributed by atoms with E-state index in [1.54, 1.807) is 0 Å². The summed E-state index contributed by atoms with van der Waals surface area (Å²) in [5, 5.41) is 10.9. The topological polar surface area (TPSA) is 58.0 Å². The van der Waals surface area contributed by atoms with Crippen LogP contribution in [-0.4, -0.2) is 33.9 Å². The number of aromatic nitrogens is 2. The molecular formula is C7H7F3IN3O. The first-order valence-electron chi connectivity index (χ1n) is 3.86. The molecule has 1 atom stereocenters. The van der Waals surface area contributed by atoms with Gasteiger partial charge in [-0.1, -0.05) is 0 Å². The minimum absolute atomic E-state index is 0.0544. The minimum Gasteiger partial charge on any atom is -0.382 e. The van der Waals surface area contributed by atoms with Gasteiger partial charge in [-0.15, -0.1) is 0 Å². The summed E-state index contributed by atoms with van der Waals surface area (Å²) in [5.74, 6) is 0.0544. The van der Waals surface area contributed by atoms with Crippen LogP contribution in [0, 0.1) is 3.57 Å². The maximum atomic E-state index is 11.9. The van der Waals surface area contributed by atoms with E-state index in [0.717, 1.165) is 3.57 Å². The van der Waals surface area contributed by atoms with Crippen LogP contribution in [0.1, 0.15) is 0 Å². The third-order valence-electron chi connectivity index (χ3n) is 1.45. The molecule has 8 heteroatoms. The lowest BCUT2D eigenvalue weighted by molar-refractivity contribution is -0.198. The molecule has 2 N–H and O–H groups in total. The van der Waals surface area contributed by atoms with Gasteiger partial charge in [0, 0.05) is 16.0 Å². The summed E-state index contributed by atoms with van der Waals surface area (Å²) in [6, 6.07) is 0. The Bertz CT molecular complexity index is 316. The number of aliphatic hydroxyl groups is 1. The van der Waals surface area contributed by atoms with Gasteiger partial charge in [-0.25, -0.2) is 9.97 Å². The van der Waals surface area contributed by atoms with E-state index >= 15 is 0 Å². The summed E-state index contributed by atoms with van der Waals surface area (Å²) >= 11 is 1.97. The minimum atomic E-state index is -4.63. The number of hydrogen-bond donors (Lipinski definition) is 2. The van der Waals surface area contributed by atoms with Gasteiger partial charge in [0.05, 0.1) is 6.54 Å². The summed E-state index contributed by atoms with van der Waals surface area (Å²) in [6.07, 6.45) is -4.14. The van der Waals surface area contributed by atoms with Crippen molar-refractivity contribution in [1.29, 1.82) is 0 Å². The van der Waals surface area contributed by atoms with E-state index in [1.165, 1.54) is 12.4 Å². The van der Waals surface area contributed by atoms with Gasteiger partial charge in [0.1, 0.15) is 0 Å². The summed E-state index contributed by atoms with van der Waals surface area (Å²) < 4.78 is 36.4. The third-order valence-corrected chi connectivity index (χ3v) is 2.01. The maximum Gasteiger partial charge on any atom is 0.416 e. The first-order valence-corrected chi connectivity index (χ1v) is 4.93. The summed E-state index contributed by atoms with van der Waals surface area (Å²) in [4.78, 5) is 7.45. The van der Waals surface area contributed by atoms with Gasteiger partial charge >= 0.3 is 6.18 Å². The fourth-order valence-electron chi connectivity index (χ4n) is 0.707. The molecule has 0 amide bonds. The number of alkyl halides is 3. The maximum absolute atomic E-state index is 11.9. The summed E-state index contributed by atoms with van der Waals surface area (Å²) in [5.41, 5.74) is 0. The van der Waals surface area contributed by atoms with E-state index in [0.29, 0.717) is 0 Å². The van der Waals surface area contributed by atoms with Crippen molar-refractivity contribution in [2.75, 3.05) is 11.9 Å². The van der Waals surface area contributed by atoms with Gasteiger partial charge in [0.15, 0.2) is 6.10 Å². The molecule has 0 radical (unpaired) electrons. The van der Waals surface area contributed by atoms with Crippen LogP contribution in [0.3, 0.4) is 0 Å². The van der Waals surface area contributed by atoms with Gasteiger partial charge in [-0.2, -0.15) is 13.2 Å². The number of aliphatic hydroxyl groups excluding tert-OH is 1. The highest BCUT2D eigenvalue weighted by Gasteiger charge is 2.37. The van der Waals surface area contributed by atoms with Gasteiger partial charge in [0.25, 0.3) is 0 Å². The smallest absolute Gasteiger partial charge is 0.382 e. The zero-order chi connectivity index (χ0) is 11.5. The number of anilines is 1. The number of nitrogens with one attached hydrogen (secondary N) is 1. The van der Waals surface area contributed by atoms with Gasteiger partial charge in [-0.3, -0.25) is 0 Å². The Kier molecular flexibility index (Phi) is 4.08. The molecule has 0 fully saturated rings. The van der Waals surface area contributed by atoms with E-state index in [4.69, 9.17) is 5.11 Å².